The summed E-state index contributed by atoms with van der Waals surface area (Å²) in [4.78, 5) is 11.2. The molecular weight excluding hydrogens is 224 g/mol. The Labute approximate surface area is 109 Å². The van der Waals surface area contributed by atoms with Crippen LogP contribution in [0.2, 0.25) is 0 Å². The molecule has 0 bridgehead atoms. The maximum absolute atomic E-state index is 4.41. The van der Waals surface area contributed by atoms with E-state index in [0.717, 1.165) is 36.6 Å². The van der Waals surface area contributed by atoms with Crippen molar-refractivity contribution in [3.05, 3.63) is 23.8 Å². The van der Waals surface area contributed by atoms with Crippen molar-refractivity contribution in [1.29, 1.82) is 0 Å². The molecule has 1 atom stereocenters. The lowest BCUT2D eigenvalue weighted by Gasteiger charge is -2.15. The lowest BCUT2D eigenvalue weighted by atomic mass is 10.1. The van der Waals surface area contributed by atoms with Crippen LogP contribution in [0.15, 0.2) is 12.3 Å². The van der Waals surface area contributed by atoms with Gasteiger partial charge in [0.25, 0.3) is 0 Å². The van der Waals surface area contributed by atoms with Gasteiger partial charge in [0.15, 0.2) is 0 Å². The SMILES string of the molecule is Cc1nccc(CNCC2CCN(C3CC3)C2)n1. The number of nitrogens with one attached hydrogen (secondary N) is 1. The first-order valence-corrected chi connectivity index (χ1v) is 7.04. The summed E-state index contributed by atoms with van der Waals surface area (Å²) in [5.41, 5.74) is 1.10. The number of rotatable bonds is 5. The Morgan fingerprint density at radius 1 is 1.39 bits per heavy atom. The Hall–Kier alpha value is -1.00. The molecule has 1 saturated carbocycles. The van der Waals surface area contributed by atoms with Gasteiger partial charge >= 0.3 is 0 Å². The molecule has 1 aromatic heterocycles. The Morgan fingerprint density at radius 3 is 3.06 bits per heavy atom. The van der Waals surface area contributed by atoms with Crippen LogP contribution in [0.3, 0.4) is 0 Å². The van der Waals surface area contributed by atoms with Gasteiger partial charge in [-0.2, -0.15) is 0 Å². The predicted molar refractivity (Wildman–Crippen MR) is 71.2 cm³/mol. The van der Waals surface area contributed by atoms with Gasteiger partial charge in [-0.25, -0.2) is 9.97 Å². The van der Waals surface area contributed by atoms with Gasteiger partial charge in [-0.1, -0.05) is 0 Å². The second kappa shape index (κ2) is 5.33. The van der Waals surface area contributed by atoms with Crippen molar-refractivity contribution < 1.29 is 0 Å². The van der Waals surface area contributed by atoms with Crippen LogP contribution < -0.4 is 5.32 Å². The predicted octanol–water partition coefficient (Wildman–Crippen LogP) is 1.36. The van der Waals surface area contributed by atoms with Gasteiger partial charge in [0.2, 0.25) is 0 Å². The summed E-state index contributed by atoms with van der Waals surface area (Å²) in [6.07, 6.45) is 6.05. The lowest BCUT2D eigenvalue weighted by molar-refractivity contribution is 0.311. The summed E-state index contributed by atoms with van der Waals surface area (Å²) in [6.45, 7) is 6.52. The van der Waals surface area contributed by atoms with E-state index in [2.05, 4.69) is 20.2 Å². The third-order valence-electron chi connectivity index (χ3n) is 3.95. The summed E-state index contributed by atoms with van der Waals surface area (Å²) < 4.78 is 0. The molecule has 1 aliphatic heterocycles. The van der Waals surface area contributed by atoms with Gasteiger partial charge in [0.05, 0.1) is 5.69 Å². The van der Waals surface area contributed by atoms with Crippen LogP contribution in [0.25, 0.3) is 0 Å². The monoisotopic (exact) mass is 246 g/mol. The van der Waals surface area contributed by atoms with E-state index in [1.807, 2.05) is 19.2 Å². The second-order valence-electron chi connectivity index (χ2n) is 5.61. The van der Waals surface area contributed by atoms with Crippen LogP contribution in [-0.2, 0) is 6.54 Å². The number of nitrogens with zero attached hydrogens (tertiary/aromatic N) is 3. The highest BCUT2D eigenvalue weighted by molar-refractivity contribution is 5.01. The highest BCUT2D eigenvalue weighted by atomic mass is 15.2. The van der Waals surface area contributed by atoms with E-state index < -0.39 is 0 Å². The minimum absolute atomic E-state index is 0.827. The third kappa shape index (κ3) is 3.06. The van der Waals surface area contributed by atoms with E-state index in [1.54, 1.807) is 0 Å². The largest absolute Gasteiger partial charge is 0.311 e. The Balaban J connectivity index is 1.39. The molecule has 4 heteroatoms. The van der Waals surface area contributed by atoms with Crippen molar-refractivity contribution in [3.8, 4) is 0 Å². The van der Waals surface area contributed by atoms with E-state index in [0.29, 0.717) is 0 Å². The quantitative estimate of drug-likeness (QED) is 0.851. The third-order valence-corrected chi connectivity index (χ3v) is 3.95. The molecule has 18 heavy (non-hydrogen) atoms. The smallest absolute Gasteiger partial charge is 0.125 e. The zero-order chi connectivity index (χ0) is 12.4. The van der Waals surface area contributed by atoms with E-state index in [4.69, 9.17) is 0 Å². The molecule has 2 aliphatic rings. The summed E-state index contributed by atoms with van der Waals surface area (Å²) >= 11 is 0. The fourth-order valence-corrected chi connectivity index (χ4v) is 2.81. The van der Waals surface area contributed by atoms with Gasteiger partial charge in [-0.15, -0.1) is 0 Å². The van der Waals surface area contributed by atoms with Gasteiger partial charge < -0.3 is 10.2 Å². The van der Waals surface area contributed by atoms with Crippen LogP contribution in [-0.4, -0.2) is 40.5 Å². The molecule has 1 saturated heterocycles. The standard InChI is InChI=1S/C14H22N4/c1-11-16-6-4-13(17-11)9-15-8-12-5-7-18(10-12)14-2-3-14/h4,6,12,14-15H,2-3,5,7-10H2,1H3. The minimum atomic E-state index is 0.827. The van der Waals surface area contributed by atoms with Crippen molar-refractivity contribution in [2.75, 3.05) is 19.6 Å². The van der Waals surface area contributed by atoms with E-state index >= 15 is 0 Å². The highest BCUT2D eigenvalue weighted by Gasteiger charge is 2.33. The maximum Gasteiger partial charge on any atom is 0.125 e. The number of hydrogen-bond donors (Lipinski definition) is 1. The molecular formula is C14H22N4. The molecule has 4 nitrogen and oxygen atoms in total. The number of aryl methyl sites for hydroxylation is 1. The minimum Gasteiger partial charge on any atom is -0.311 e. The summed E-state index contributed by atoms with van der Waals surface area (Å²) in [5, 5.41) is 3.53. The first-order chi connectivity index (χ1) is 8.81. The van der Waals surface area contributed by atoms with Crippen molar-refractivity contribution >= 4 is 0 Å². The zero-order valence-corrected chi connectivity index (χ0v) is 11.1. The topological polar surface area (TPSA) is 41.1 Å². The summed E-state index contributed by atoms with van der Waals surface area (Å²) in [6, 6.07) is 2.92. The average Bonchev–Trinajstić information content (AvgIpc) is 3.10. The molecule has 0 aromatic carbocycles. The maximum atomic E-state index is 4.41. The van der Waals surface area contributed by atoms with Gasteiger partial charge in [0, 0.05) is 25.3 Å². The van der Waals surface area contributed by atoms with Crippen LogP contribution in [0, 0.1) is 12.8 Å². The Kier molecular flexibility index (Phi) is 3.57. The molecule has 3 rings (SSSR count). The van der Waals surface area contributed by atoms with Crippen LogP contribution >= 0.6 is 0 Å². The molecule has 1 unspecified atom stereocenters. The van der Waals surface area contributed by atoms with E-state index in [-0.39, 0.29) is 0 Å². The summed E-state index contributed by atoms with van der Waals surface area (Å²) in [5.74, 6) is 1.68. The molecule has 2 fully saturated rings. The molecule has 1 N–H and O–H groups in total. The first-order valence-electron chi connectivity index (χ1n) is 7.04. The van der Waals surface area contributed by atoms with Crippen molar-refractivity contribution in [1.82, 2.24) is 20.2 Å². The van der Waals surface area contributed by atoms with Gasteiger partial charge in [0.1, 0.15) is 5.82 Å². The first kappa shape index (κ1) is 12.1. The Bertz CT molecular complexity index is 403. The van der Waals surface area contributed by atoms with Gasteiger partial charge in [-0.05, 0) is 51.3 Å². The molecule has 1 aromatic rings. The van der Waals surface area contributed by atoms with Crippen LogP contribution in [0.1, 0.15) is 30.8 Å². The van der Waals surface area contributed by atoms with Gasteiger partial charge in [-0.3, -0.25) is 0 Å². The molecule has 98 valence electrons. The fraction of sp³-hybridized carbons (Fsp3) is 0.714. The molecule has 1 aliphatic carbocycles. The van der Waals surface area contributed by atoms with E-state index in [9.17, 15) is 0 Å². The van der Waals surface area contributed by atoms with Crippen molar-refractivity contribution in [2.45, 2.75) is 38.8 Å². The molecule has 0 amide bonds. The number of hydrogen-bond acceptors (Lipinski definition) is 4. The van der Waals surface area contributed by atoms with Crippen LogP contribution in [0.5, 0.6) is 0 Å². The van der Waals surface area contributed by atoms with E-state index in [1.165, 1.54) is 32.4 Å². The van der Waals surface area contributed by atoms with Crippen LogP contribution in [0.4, 0.5) is 0 Å². The molecule has 0 radical (unpaired) electrons. The Morgan fingerprint density at radius 2 is 2.28 bits per heavy atom. The average molecular weight is 246 g/mol. The molecule has 2 heterocycles. The van der Waals surface area contributed by atoms with Crippen molar-refractivity contribution in [2.24, 2.45) is 5.92 Å². The zero-order valence-electron chi connectivity index (χ0n) is 11.1. The highest BCUT2D eigenvalue weighted by Crippen LogP contribution is 2.31. The second-order valence-corrected chi connectivity index (χ2v) is 5.61. The number of aromatic nitrogens is 2. The van der Waals surface area contributed by atoms with Crippen molar-refractivity contribution in [3.63, 3.8) is 0 Å². The normalized spacial score (nSPS) is 24.6. The number of likely N-dealkylation sites (tertiary alicyclic amines) is 1. The summed E-state index contributed by atoms with van der Waals surface area (Å²) in [7, 11) is 0. The fourth-order valence-electron chi connectivity index (χ4n) is 2.81. The lowest BCUT2D eigenvalue weighted by Crippen LogP contribution is -2.27. The molecule has 0 spiro atoms.